The Balaban J connectivity index is 1.66. The predicted octanol–water partition coefficient (Wildman–Crippen LogP) is 3.34. The van der Waals surface area contributed by atoms with Gasteiger partial charge in [0.25, 0.3) is 0 Å². The summed E-state index contributed by atoms with van der Waals surface area (Å²) < 4.78 is 5.32. The number of Topliss-reactive ketones (excluding diaryl/α,β-unsaturated/α-hetero) is 1. The first kappa shape index (κ1) is 12.1. The highest BCUT2D eigenvalue weighted by atomic mass is 16.5. The summed E-state index contributed by atoms with van der Waals surface area (Å²) in [4.78, 5) is 11.9. The van der Waals surface area contributed by atoms with Crippen LogP contribution in [0.4, 0.5) is 0 Å². The van der Waals surface area contributed by atoms with Gasteiger partial charge < -0.3 is 4.74 Å². The van der Waals surface area contributed by atoms with E-state index in [4.69, 9.17) is 4.74 Å². The minimum atomic E-state index is 0.513. The molecule has 0 amide bonds. The van der Waals surface area contributed by atoms with Gasteiger partial charge in [-0.05, 0) is 24.7 Å². The third-order valence-corrected chi connectivity index (χ3v) is 4.10. The van der Waals surface area contributed by atoms with Gasteiger partial charge in [0.05, 0.1) is 0 Å². The molecular weight excluding hydrogens is 200 g/mol. The van der Waals surface area contributed by atoms with Crippen LogP contribution in [0.25, 0.3) is 0 Å². The molecule has 0 bridgehead atoms. The van der Waals surface area contributed by atoms with Crippen LogP contribution < -0.4 is 0 Å². The number of hydrogen-bond donors (Lipinski definition) is 0. The van der Waals surface area contributed by atoms with Crippen LogP contribution in [0.1, 0.15) is 57.8 Å². The lowest BCUT2D eigenvalue weighted by atomic mass is 9.83. The van der Waals surface area contributed by atoms with Crippen LogP contribution in [0.2, 0.25) is 0 Å². The zero-order chi connectivity index (χ0) is 11.2. The predicted molar refractivity (Wildman–Crippen MR) is 64.4 cm³/mol. The molecule has 0 N–H and O–H groups in total. The molecule has 16 heavy (non-hydrogen) atoms. The van der Waals surface area contributed by atoms with E-state index in [0.29, 0.717) is 17.6 Å². The van der Waals surface area contributed by atoms with Gasteiger partial charge in [-0.3, -0.25) is 4.79 Å². The fourth-order valence-corrected chi connectivity index (χ4v) is 3.07. The molecule has 0 radical (unpaired) electrons. The largest absolute Gasteiger partial charge is 0.381 e. The molecule has 1 heterocycles. The highest BCUT2D eigenvalue weighted by Crippen LogP contribution is 2.28. The van der Waals surface area contributed by atoms with E-state index in [2.05, 4.69) is 0 Å². The number of ether oxygens (including phenoxy) is 1. The lowest BCUT2D eigenvalue weighted by molar-refractivity contribution is -0.121. The normalized spacial score (nSPS) is 24.5. The Labute approximate surface area is 98.7 Å². The molecule has 2 heteroatoms. The molecule has 92 valence electrons. The minimum Gasteiger partial charge on any atom is -0.381 e. The van der Waals surface area contributed by atoms with Gasteiger partial charge in [0.15, 0.2) is 0 Å². The van der Waals surface area contributed by atoms with E-state index >= 15 is 0 Å². The monoisotopic (exact) mass is 224 g/mol. The minimum absolute atomic E-state index is 0.513. The number of carbonyl (C=O) groups is 1. The summed E-state index contributed by atoms with van der Waals surface area (Å²) in [5.74, 6) is 1.84. The summed E-state index contributed by atoms with van der Waals surface area (Å²) in [5, 5.41) is 0. The Hall–Kier alpha value is -0.370. The molecule has 1 saturated carbocycles. The lowest BCUT2D eigenvalue weighted by Gasteiger charge is -2.24. The molecule has 2 rings (SSSR count). The second-order valence-electron chi connectivity index (χ2n) is 5.51. The topological polar surface area (TPSA) is 26.3 Å². The van der Waals surface area contributed by atoms with Gasteiger partial charge in [-0.2, -0.15) is 0 Å². The van der Waals surface area contributed by atoms with Crippen molar-refractivity contribution in [3.8, 4) is 0 Å². The Kier molecular flexibility index (Phi) is 4.83. The Morgan fingerprint density at radius 2 is 1.44 bits per heavy atom. The molecule has 0 aromatic carbocycles. The van der Waals surface area contributed by atoms with Crippen molar-refractivity contribution in [2.24, 2.45) is 11.8 Å². The molecule has 0 aromatic heterocycles. The molecule has 0 aromatic rings. The van der Waals surface area contributed by atoms with Crippen LogP contribution in [-0.4, -0.2) is 19.0 Å². The van der Waals surface area contributed by atoms with E-state index in [9.17, 15) is 4.79 Å². The molecular formula is C14H24O2. The number of ketones is 1. The van der Waals surface area contributed by atoms with Gasteiger partial charge in [0, 0.05) is 26.1 Å². The van der Waals surface area contributed by atoms with E-state index in [0.717, 1.165) is 38.9 Å². The number of rotatable bonds is 4. The van der Waals surface area contributed by atoms with Gasteiger partial charge in [0.1, 0.15) is 5.78 Å². The molecule has 2 fully saturated rings. The SMILES string of the molecule is O=C(CC1CCCCC1)CC1CCOCC1. The second-order valence-corrected chi connectivity index (χ2v) is 5.51. The summed E-state index contributed by atoms with van der Waals surface area (Å²) in [6.45, 7) is 1.72. The number of carbonyl (C=O) groups excluding carboxylic acids is 1. The zero-order valence-electron chi connectivity index (χ0n) is 10.2. The van der Waals surface area contributed by atoms with Crippen molar-refractivity contribution in [2.45, 2.75) is 57.8 Å². The summed E-state index contributed by atoms with van der Waals surface area (Å²) in [6, 6.07) is 0. The lowest BCUT2D eigenvalue weighted by Crippen LogP contribution is -2.20. The summed E-state index contributed by atoms with van der Waals surface area (Å²) in [5.41, 5.74) is 0. The fraction of sp³-hybridized carbons (Fsp3) is 0.929. The standard InChI is InChI=1S/C14H24O2/c15-14(10-12-4-2-1-3-5-12)11-13-6-8-16-9-7-13/h12-13H,1-11H2. The average Bonchev–Trinajstić information content (AvgIpc) is 2.31. The average molecular weight is 224 g/mol. The Morgan fingerprint density at radius 1 is 0.875 bits per heavy atom. The third-order valence-electron chi connectivity index (χ3n) is 4.10. The maximum atomic E-state index is 11.9. The molecule has 1 aliphatic heterocycles. The highest BCUT2D eigenvalue weighted by molar-refractivity contribution is 5.78. The molecule has 0 spiro atoms. The van der Waals surface area contributed by atoms with Crippen molar-refractivity contribution in [1.29, 1.82) is 0 Å². The van der Waals surface area contributed by atoms with Crippen molar-refractivity contribution in [2.75, 3.05) is 13.2 Å². The van der Waals surface area contributed by atoms with Gasteiger partial charge in [0.2, 0.25) is 0 Å². The molecule has 2 aliphatic rings. The quantitative estimate of drug-likeness (QED) is 0.732. The van der Waals surface area contributed by atoms with Gasteiger partial charge >= 0.3 is 0 Å². The molecule has 0 unspecified atom stereocenters. The van der Waals surface area contributed by atoms with Crippen LogP contribution in [0.3, 0.4) is 0 Å². The Bertz CT molecular complexity index is 191. The first-order valence-electron chi connectivity index (χ1n) is 6.94. The van der Waals surface area contributed by atoms with E-state index in [1.807, 2.05) is 0 Å². The second kappa shape index (κ2) is 6.39. The van der Waals surface area contributed by atoms with Gasteiger partial charge in [-0.25, -0.2) is 0 Å². The van der Waals surface area contributed by atoms with Crippen LogP contribution in [-0.2, 0) is 9.53 Å². The van der Waals surface area contributed by atoms with E-state index in [1.165, 1.54) is 32.1 Å². The highest BCUT2D eigenvalue weighted by Gasteiger charge is 2.21. The summed E-state index contributed by atoms with van der Waals surface area (Å²) >= 11 is 0. The molecule has 1 aliphatic carbocycles. The maximum Gasteiger partial charge on any atom is 0.133 e. The van der Waals surface area contributed by atoms with Crippen molar-refractivity contribution >= 4 is 5.78 Å². The van der Waals surface area contributed by atoms with Crippen LogP contribution in [0, 0.1) is 11.8 Å². The van der Waals surface area contributed by atoms with Crippen molar-refractivity contribution in [1.82, 2.24) is 0 Å². The molecule has 2 nitrogen and oxygen atoms in total. The van der Waals surface area contributed by atoms with E-state index in [-0.39, 0.29) is 0 Å². The molecule has 1 saturated heterocycles. The fourth-order valence-electron chi connectivity index (χ4n) is 3.07. The number of hydrogen-bond acceptors (Lipinski definition) is 2. The first-order chi connectivity index (χ1) is 7.84. The smallest absolute Gasteiger partial charge is 0.133 e. The van der Waals surface area contributed by atoms with Crippen LogP contribution in [0.15, 0.2) is 0 Å². The summed E-state index contributed by atoms with van der Waals surface area (Å²) in [7, 11) is 0. The van der Waals surface area contributed by atoms with Crippen LogP contribution in [0.5, 0.6) is 0 Å². The zero-order valence-corrected chi connectivity index (χ0v) is 10.2. The van der Waals surface area contributed by atoms with E-state index < -0.39 is 0 Å². The third kappa shape index (κ3) is 3.89. The van der Waals surface area contributed by atoms with E-state index in [1.54, 1.807) is 0 Å². The first-order valence-corrected chi connectivity index (χ1v) is 6.94. The van der Waals surface area contributed by atoms with Crippen molar-refractivity contribution < 1.29 is 9.53 Å². The van der Waals surface area contributed by atoms with Crippen molar-refractivity contribution in [3.63, 3.8) is 0 Å². The van der Waals surface area contributed by atoms with Gasteiger partial charge in [-0.1, -0.05) is 32.1 Å². The Morgan fingerprint density at radius 3 is 2.06 bits per heavy atom. The summed E-state index contributed by atoms with van der Waals surface area (Å²) in [6.07, 6.45) is 10.5. The molecule has 0 atom stereocenters. The van der Waals surface area contributed by atoms with Crippen LogP contribution >= 0.6 is 0 Å². The van der Waals surface area contributed by atoms with Crippen molar-refractivity contribution in [3.05, 3.63) is 0 Å². The van der Waals surface area contributed by atoms with Gasteiger partial charge in [-0.15, -0.1) is 0 Å². The maximum absolute atomic E-state index is 11.9.